The molecule has 0 bridgehead atoms. The van der Waals surface area contributed by atoms with E-state index in [-0.39, 0.29) is 17.2 Å². The summed E-state index contributed by atoms with van der Waals surface area (Å²) in [5.74, 6) is -1.51. The van der Waals surface area contributed by atoms with Crippen molar-refractivity contribution < 1.29 is 50.9 Å². The number of pyridine rings is 1. The fourth-order valence-electron chi connectivity index (χ4n) is 6.33. The first-order chi connectivity index (χ1) is 25.5. The molecule has 19 nitrogen and oxygen atoms in total. The molecule has 0 spiro atoms. The standard InChI is InChI=1S/C33H41N9O10S2/c1-32(2)27(29(44)42(32)52-54(47,48)49)39-28(43)26(22-17-53-31(35)38-22)40-51-33(3,30(45)46)24-8-5-20-12-19(4-7-23(20)50-24)21-6-9-25(37-11-10-34)41(16-21)15-18-13-36-14-18/h4,6-7,9,12,16-18,24,27,36H,5,8,10-11,13-15,34H2,1-3H3,(H5,35,38,39,43,45,46,47,48,49)/b40-26-/t24-,27-,33?/m1/s1. The van der Waals surface area contributed by atoms with Gasteiger partial charge in [-0.3, -0.25) is 14.9 Å². The lowest BCUT2D eigenvalue weighted by molar-refractivity contribution is -0.690. The van der Waals surface area contributed by atoms with Gasteiger partial charge in [-0.2, -0.15) is 9.35 Å². The van der Waals surface area contributed by atoms with E-state index in [1.807, 2.05) is 24.3 Å². The number of rotatable bonds is 15. The third-order valence-electron chi connectivity index (χ3n) is 9.60. The minimum absolute atomic E-state index is 0.0584. The van der Waals surface area contributed by atoms with Crippen LogP contribution in [-0.4, -0.2) is 101 Å². The number of aromatic nitrogens is 2. The highest BCUT2D eigenvalue weighted by Gasteiger charge is 2.57. The summed E-state index contributed by atoms with van der Waals surface area (Å²) >= 11 is 0.967. The highest BCUT2D eigenvalue weighted by Crippen LogP contribution is 2.37. The van der Waals surface area contributed by atoms with Crippen LogP contribution in [0, 0.1) is 5.92 Å². The van der Waals surface area contributed by atoms with Crippen LogP contribution < -0.4 is 36.7 Å². The van der Waals surface area contributed by atoms with Crippen LogP contribution in [0.3, 0.4) is 0 Å². The molecule has 0 radical (unpaired) electrons. The van der Waals surface area contributed by atoms with Gasteiger partial charge in [0.15, 0.2) is 16.9 Å². The Morgan fingerprint density at radius 1 is 1.28 bits per heavy atom. The fourth-order valence-corrected chi connectivity index (χ4v) is 7.33. The number of amides is 2. The second kappa shape index (κ2) is 15.1. The van der Waals surface area contributed by atoms with Crippen molar-refractivity contribution in [1.29, 1.82) is 0 Å². The Balaban J connectivity index is 1.21. The quantitative estimate of drug-likeness (QED) is 0.0289. The molecule has 3 atom stereocenters. The molecule has 5 heterocycles. The van der Waals surface area contributed by atoms with Gasteiger partial charge in [0.2, 0.25) is 10.4 Å². The Bertz CT molecular complexity index is 2090. The zero-order valence-corrected chi connectivity index (χ0v) is 31.2. The maximum absolute atomic E-state index is 13.5. The number of carbonyl (C=O) groups excluding carboxylic acids is 2. The van der Waals surface area contributed by atoms with Crippen molar-refractivity contribution in [1.82, 2.24) is 20.7 Å². The number of hydrogen-bond donors (Lipinski definition) is 6. The second-order valence-corrected chi connectivity index (χ2v) is 15.7. The molecule has 3 aliphatic heterocycles. The van der Waals surface area contributed by atoms with E-state index in [0.717, 1.165) is 53.5 Å². The number of nitrogens with one attached hydrogen (secondary N) is 3. The average Bonchev–Trinajstić information content (AvgIpc) is 3.54. The third-order valence-corrected chi connectivity index (χ3v) is 10.6. The molecule has 0 saturated carbocycles. The van der Waals surface area contributed by atoms with E-state index in [2.05, 4.69) is 41.1 Å². The van der Waals surface area contributed by atoms with Gasteiger partial charge in [-0.05, 0) is 62.9 Å². The predicted molar refractivity (Wildman–Crippen MR) is 193 cm³/mol. The summed E-state index contributed by atoms with van der Waals surface area (Å²) in [7, 11) is -5.28. The van der Waals surface area contributed by atoms with Crippen molar-refractivity contribution in [3.63, 3.8) is 0 Å². The van der Waals surface area contributed by atoms with E-state index in [4.69, 9.17) is 21.0 Å². The van der Waals surface area contributed by atoms with Crippen LogP contribution in [0.25, 0.3) is 11.1 Å². The molecule has 21 heteroatoms. The molecule has 2 saturated heterocycles. The maximum Gasteiger partial charge on any atom is 0.354 e. The van der Waals surface area contributed by atoms with Crippen LogP contribution in [0.5, 0.6) is 5.75 Å². The summed E-state index contributed by atoms with van der Waals surface area (Å²) in [5, 5.41) is 25.2. The van der Waals surface area contributed by atoms with Gasteiger partial charge in [-0.1, -0.05) is 11.2 Å². The van der Waals surface area contributed by atoms with Gasteiger partial charge in [0.05, 0.1) is 24.8 Å². The number of hydroxylamine groups is 2. The van der Waals surface area contributed by atoms with E-state index in [0.29, 0.717) is 36.2 Å². The van der Waals surface area contributed by atoms with Gasteiger partial charge in [-0.15, -0.1) is 11.3 Å². The Kier molecular flexibility index (Phi) is 10.8. The number of carbonyl (C=O) groups is 3. The molecule has 8 N–H and O–H groups in total. The molecule has 3 aromatic rings. The lowest BCUT2D eigenvalue weighted by Gasteiger charge is -2.51. The number of ether oxygens (including phenoxy) is 1. The summed E-state index contributed by atoms with van der Waals surface area (Å²) < 4.78 is 46.0. The Morgan fingerprint density at radius 3 is 2.63 bits per heavy atom. The number of carboxylic acids is 1. The molecule has 0 aliphatic carbocycles. The number of hydrogen-bond acceptors (Lipinski definition) is 16. The number of nitrogens with zero attached hydrogens (tertiary/aromatic N) is 4. The molecular formula is C33H41N9O10S2. The van der Waals surface area contributed by atoms with Crippen LogP contribution in [0.2, 0.25) is 0 Å². The van der Waals surface area contributed by atoms with Crippen LogP contribution >= 0.6 is 11.3 Å². The van der Waals surface area contributed by atoms with Crippen molar-refractivity contribution in [2.24, 2.45) is 16.8 Å². The predicted octanol–water partition coefficient (Wildman–Crippen LogP) is -0.275. The SMILES string of the molecule is CC(O/N=C(\C(=O)N[C@@H]1C(=O)N(OS(=O)(=O)[O-])C1(C)C)c1csc(N)n1)(C(=O)O)[C@H]1CCc2cc(-c3ccc(NCCN)[n+](CC4CNC4)c3)ccc2O1. The third kappa shape index (κ3) is 7.95. The first-order valence-electron chi connectivity index (χ1n) is 17.0. The van der Waals surface area contributed by atoms with Crippen LogP contribution in [-0.2, 0) is 46.9 Å². The normalized spacial score (nSPS) is 20.8. The number of fused-ring (bicyclic) bond motifs is 1. The first kappa shape index (κ1) is 38.8. The van der Waals surface area contributed by atoms with Gasteiger partial charge < -0.3 is 41.3 Å². The lowest BCUT2D eigenvalue weighted by atomic mass is 9.84. The Hall–Kier alpha value is -4.93. The lowest BCUT2D eigenvalue weighted by Crippen LogP contribution is -2.76. The molecule has 6 rings (SSSR count). The molecule has 54 heavy (non-hydrogen) atoms. The topological polar surface area (TPSA) is 277 Å². The Labute approximate surface area is 314 Å². The Morgan fingerprint density at radius 2 is 2.02 bits per heavy atom. The van der Waals surface area contributed by atoms with Crippen molar-refractivity contribution in [2.45, 2.75) is 63.4 Å². The summed E-state index contributed by atoms with van der Waals surface area (Å²) in [6.45, 7) is 7.88. The minimum atomic E-state index is -5.28. The average molecular weight is 788 g/mol. The van der Waals surface area contributed by atoms with Crippen molar-refractivity contribution in [3.05, 3.63) is 53.2 Å². The number of benzene rings is 1. The maximum atomic E-state index is 13.5. The van der Waals surface area contributed by atoms with Gasteiger partial charge in [0.25, 0.3) is 23.2 Å². The van der Waals surface area contributed by atoms with E-state index in [1.165, 1.54) is 26.2 Å². The molecule has 1 unspecified atom stereocenters. The number of aliphatic carboxylic acids is 1. The molecule has 1 aromatic carbocycles. The number of aryl methyl sites for hydroxylation is 1. The number of oxime groups is 1. The van der Waals surface area contributed by atoms with E-state index < -0.39 is 57.2 Å². The molecule has 2 fully saturated rings. The largest absolute Gasteiger partial charge is 0.724 e. The smallest absolute Gasteiger partial charge is 0.354 e. The zero-order chi connectivity index (χ0) is 39.0. The van der Waals surface area contributed by atoms with Gasteiger partial charge in [0, 0.05) is 42.6 Å². The molecule has 290 valence electrons. The number of nitrogens with two attached hydrogens (primary N) is 2. The minimum Gasteiger partial charge on any atom is -0.724 e. The zero-order valence-electron chi connectivity index (χ0n) is 29.6. The molecule has 3 aliphatic rings. The molecular weight excluding hydrogens is 747 g/mol. The monoisotopic (exact) mass is 787 g/mol. The molecule has 2 aromatic heterocycles. The van der Waals surface area contributed by atoms with Gasteiger partial charge in [-0.25, -0.2) is 22.8 Å². The molecule has 2 amide bonds. The van der Waals surface area contributed by atoms with Crippen LogP contribution in [0.15, 0.2) is 47.1 Å². The van der Waals surface area contributed by atoms with Crippen molar-refractivity contribution in [3.8, 4) is 16.9 Å². The summed E-state index contributed by atoms with van der Waals surface area (Å²) in [6, 6.07) is 8.39. The number of anilines is 2. The fraction of sp³-hybridized carbons (Fsp3) is 0.455. The number of carboxylic acid groups (broad SMARTS) is 1. The van der Waals surface area contributed by atoms with Crippen LogP contribution in [0.4, 0.5) is 10.9 Å². The van der Waals surface area contributed by atoms with E-state index >= 15 is 0 Å². The van der Waals surface area contributed by atoms with Crippen LogP contribution in [0.1, 0.15) is 38.4 Å². The second-order valence-electron chi connectivity index (χ2n) is 13.9. The number of β-lactam (4-membered cyclic amide) rings is 1. The summed E-state index contributed by atoms with van der Waals surface area (Å²) in [4.78, 5) is 48.7. The van der Waals surface area contributed by atoms with Crippen molar-refractivity contribution >= 4 is 56.2 Å². The van der Waals surface area contributed by atoms with Gasteiger partial charge in [0.1, 0.15) is 17.5 Å². The summed E-state index contributed by atoms with van der Waals surface area (Å²) in [5.41, 5.74) is 10.1. The highest BCUT2D eigenvalue weighted by molar-refractivity contribution is 7.80. The van der Waals surface area contributed by atoms with Crippen molar-refractivity contribution in [2.75, 3.05) is 37.2 Å². The highest BCUT2D eigenvalue weighted by atomic mass is 32.3. The van der Waals surface area contributed by atoms with Gasteiger partial charge >= 0.3 is 5.97 Å². The first-order valence-corrected chi connectivity index (χ1v) is 19.2. The summed E-state index contributed by atoms with van der Waals surface area (Å²) in [6.07, 6.45) is 1.71. The number of nitrogen functional groups attached to an aromatic ring is 1. The van der Waals surface area contributed by atoms with E-state index in [1.54, 1.807) is 6.07 Å². The van der Waals surface area contributed by atoms with E-state index in [9.17, 15) is 32.5 Å². The number of thiazole rings is 1.